The predicted octanol–water partition coefficient (Wildman–Crippen LogP) is 2.74. The normalized spacial score (nSPS) is 9.70. The second-order valence-electron chi connectivity index (χ2n) is 4.43. The average Bonchev–Trinajstić information content (AvgIpc) is 2.59. The summed E-state index contributed by atoms with van der Waals surface area (Å²) in [5, 5.41) is 19.3. The third-order valence-corrected chi connectivity index (χ3v) is 2.92. The van der Waals surface area contributed by atoms with Gasteiger partial charge in [-0.25, -0.2) is 0 Å². The van der Waals surface area contributed by atoms with E-state index in [0.717, 1.165) is 6.07 Å². The number of nitrogens with zero attached hydrogens (tertiary/aromatic N) is 2. The average molecular weight is 312 g/mol. The topological polar surface area (TPSA) is 102 Å². The molecule has 0 spiro atoms. The van der Waals surface area contributed by atoms with Gasteiger partial charge in [0.1, 0.15) is 24.7 Å². The SMILES string of the molecule is N#Cc1ccc(OCCOc2ccc([N+](=O)[O-])cc2C=O)cc1. The number of nitriles is 1. The van der Waals surface area contributed by atoms with Crippen LogP contribution in [0.25, 0.3) is 0 Å². The minimum Gasteiger partial charge on any atom is -0.490 e. The first-order valence-electron chi connectivity index (χ1n) is 6.63. The minimum atomic E-state index is -0.579. The molecule has 0 unspecified atom stereocenters. The van der Waals surface area contributed by atoms with Gasteiger partial charge in [-0.15, -0.1) is 0 Å². The molecule has 0 aliphatic heterocycles. The Balaban J connectivity index is 1.89. The van der Waals surface area contributed by atoms with Gasteiger partial charge in [0.05, 0.1) is 22.1 Å². The van der Waals surface area contributed by atoms with Crippen LogP contribution in [0.3, 0.4) is 0 Å². The number of hydrogen-bond donors (Lipinski definition) is 0. The fourth-order valence-corrected chi connectivity index (χ4v) is 1.81. The molecule has 0 radical (unpaired) electrons. The summed E-state index contributed by atoms with van der Waals surface area (Å²) < 4.78 is 10.8. The van der Waals surface area contributed by atoms with Crippen molar-refractivity contribution in [3.05, 3.63) is 63.7 Å². The molecule has 0 saturated heterocycles. The summed E-state index contributed by atoms with van der Waals surface area (Å²) >= 11 is 0. The molecule has 0 fully saturated rings. The van der Waals surface area contributed by atoms with Crippen LogP contribution in [0, 0.1) is 21.4 Å². The highest BCUT2D eigenvalue weighted by Gasteiger charge is 2.11. The molecule has 0 heterocycles. The number of nitro benzene ring substituents is 1. The Morgan fingerprint density at radius 2 is 1.83 bits per heavy atom. The maximum atomic E-state index is 11.0. The van der Waals surface area contributed by atoms with Crippen LogP contribution in [0.4, 0.5) is 5.69 Å². The number of carbonyl (C=O) groups is 1. The smallest absolute Gasteiger partial charge is 0.270 e. The Hall–Kier alpha value is -3.40. The summed E-state index contributed by atoms with van der Waals surface area (Å²) in [6.07, 6.45) is 0.504. The summed E-state index contributed by atoms with van der Waals surface area (Å²) in [7, 11) is 0. The lowest BCUT2D eigenvalue weighted by Gasteiger charge is -2.09. The third kappa shape index (κ3) is 4.28. The molecular weight excluding hydrogens is 300 g/mol. The molecule has 2 aromatic rings. The predicted molar refractivity (Wildman–Crippen MR) is 80.6 cm³/mol. The first-order valence-corrected chi connectivity index (χ1v) is 6.63. The molecular formula is C16H12N2O5. The molecule has 0 bridgehead atoms. The van der Waals surface area contributed by atoms with Crippen LogP contribution in [0.5, 0.6) is 11.5 Å². The lowest BCUT2D eigenvalue weighted by atomic mass is 10.2. The monoisotopic (exact) mass is 312 g/mol. The quantitative estimate of drug-likeness (QED) is 0.337. The van der Waals surface area contributed by atoms with E-state index in [0.29, 0.717) is 17.6 Å². The summed E-state index contributed by atoms with van der Waals surface area (Å²) in [6.45, 7) is 0.389. The zero-order chi connectivity index (χ0) is 16.7. The van der Waals surface area contributed by atoms with Gasteiger partial charge in [0.25, 0.3) is 5.69 Å². The van der Waals surface area contributed by atoms with Gasteiger partial charge in [-0.3, -0.25) is 14.9 Å². The van der Waals surface area contributed by atoms with E-state index in [-0.39, 0.29) is 30.2 Å². The number of aldehydes is 1. The molecule has 116 valence electrons. The number of hydrogen-bond acceptors (Lipinski definition) is 6. The van der Waals surface area contributed by atoms with E-state index in [1.807, 2.05) is 6.07 Å². The lowest BCUT2D eigenvalue weighted by Crippen LogP contribution is -2.10. The molecule has 0 aliphatic carbocycles. The van der Waals surface area contributed by atoms with E-state index >= 15 is 0 Å². The van der Waals surface area contributed by atoms with Gasteiger partial charge in [-0.05, 0) is 30.3 Å². The van der Waals surface area contributed by atoms with E-state index in [2.05, 4.69) is 0 Å². The summed E-state index contributed by atoms with van der Waals surface area (Å²) in [5.41, 5.74) is 0.473. The van der Waals surface area contributed by atoms with Crippen LogP contribution < -0.4 is 9.47 Å². The van der Waals surface area contributed by atoms with Crippen molar-refractivity contribution in [1.29, 1.82) is 5.26 Å². The van der Waals surface area contributed by atoms with Crippen LogP contribution in [-0.4, -0.2) is 24.4 Å². The number of carbonyl (C=O) groups excluding carboxylic acids is 1. The van der Waals surface area contributed by atoms with Crippen molar-refractivity contribution in [3.8, 4) is 17.6 Å². The number of ether oxygens (including phenoxy) is 2. The van der Waals surface area contributed by atoms with Crippen molar-refractivity contribution < 1.29 is 19.2 Å². The number of benzene rings is 2. The summed E-state index contributed by atoms with van der Waals surface area (Å²) in [5.74, 6) is 0.848. The van der Waals surface area contributed by atoms with Gasteiger partial charge in [-0.1, -0.05) is 0 Å². The fraction of sp³-hybridized carbons (Fsp3) is 0.125. The Kier molecular flexibility index (Phi) is 5.25. The van der Waals surface area contributed by atoms with Gasteiger partial charge >= 0.3 is 0 Å². The largest absolute Gasteiger partial charge is 0.490 e. The van der Waals surface area contributed by atoms with E-state index in [4.69, 9.17) is 14.7 Å². The third-order valence-electron chi connectivity index (χ3n) is 2.92. The van der Waals surface area contributed by atoms with Crippen molar-refractivity contribution in [2.45, 2.75) is 0 Å². The molecule has 2 rings (SSSR count). The highest BCUT2D eigenvalue weighted by Crippen LogP contribution is 2.22. The van der Waals surface area contributed by atoms with E-state index < -0.39 is 4.92 Å². The molecule has 23 heavy (non-hydrogen) atoms. The van der Waals surface area contributed by atoms with E-state index in [9.17, 15) is 14.9 Å². The standard InChI is InChI=1S/C16H12N2O5/c17-10-12-1-4-15(5-2-12)22-7-8-23-16-6-3-14(18(20)21)9-13(16)11-19/h1-6,9,11H,7-8H2. The Morgan fingerprint density at radius 3 is 2.43 bits per heavy atom. The number of nitro groups is 1. The Morgan fingerprint density at radius 1 is 1.13 bits per heavy atom. The number of non-ortho nitro benzene ring substituents is 1. The summed E-state index contributed by atoms with van der Waals surface area (Å²) in [6, 6.07) is 12.4. The highest BCUT2D eigenvalue weighted by molar-refractivity contribution is 5.80. The van der Waals surface area contributed by atoms with Gasteiger partial charge in [0.2, 0.25) is 0 Å². The zero-order valence-electron chi connectivity index (χ0n) is 12.0. The Bertz CT molecular complexity index is 750. The zero-order valence-corrected chi connectivity index (χ0v) is 12.0. The molecule has 7 heteroatoms. The molecule has 0 saturated carbocycles. The molecule has 0 N–H and O–H groups in total. The van der Waals surface area contributed by atoms with Crippen LogP contribution in [0.2, 0.25) is 0 Å². The first kappa shape index (κ1) is 16.0. The fourth-order valence-electron chi connectivity index (χ4n) is 1.81. The van der Waals surface area contributed by atoms with Crippen molar-refractivity contribution in [2.75, 3.05) is 13.2 Å². The van der Waals surface area contributed by atoms with E-state index in [1.54, 1.807) is 24.3 Å². The molecule has 7 nitrogen and oxygen atoms in total. The Labute approximate surface area is 131 Å². The van der Waals surface area contributed by atoms with Crippen LogP contribution in [0.15, 0.2) is 42.5 Å². The molecule has 0 aromatic heterocycles. The van der Waals surface area contributed by atoms with Crippen LogP contribution >= 0.6 is 0 Å². The highest BCUT2D eigenvalue weighted by atomic mass is 16.6. The van der Waals surface area contributed by atoms with Gasteiger partial charge < -0.3 is 9.47 Å². The van der Waals surface area contributed by atoms with Crippen molar-refractivity contribution in [2.24, 2.45) is 0 Å². The maximum absolute atomic E-state index is 11.0. The van der Waals surface area contributed by atoms with E-state index in [1.165, 1.54) is 12.1 Å². The van der Waals surface area contributed by atoms with Crippen LogP contribution in [0.1, 0.15) is 15.9 Å². The van der Waals surface area contributed by atoms with Crippen LogP contribution in [-0.2, 0) is 0 Å². The second kappa shape index (κ2) is 7.56. The first-order chi connectivity index (χ1) is 11.1. The molecule has 2 aromatic carbocycles. The van der Waals surface area contributed by atoms with Gasteiger partial charge in [0, 0.05) is 12.1 Å². The molecule has 0 atom stereocenters. The van der Waals surface area contributed by atoms with Gasteiger partial charge in [-0.2, -0.15) is 5.26 Å². The van der Waals surface area contributed by atoms with Crippen molar-refractivity contribution >= 4 is 12.0 Å². The van der Waals surface area contributed by atoms with Gasteiger partial charge in [0.15, 0.2) is 6.29 Å². The van der Waals surface area contributed by atoms with Crippen molar-refractivity contribution in [3.63, 3.8) is 0 Å². The summed E-state index contributed by atoms with van der Waals surface area (Å²) in [4.78, 5) is 21.0. The lowest BCUT2D eigenvalue weighted by molar-refractivity contribution is -0.384. The minimum absolute atomic E-state index is 0.109. The molecule has 0 amide bonds. The van der Waals surface area contributed by atoms with Crippen molar-refractivity contribution in [1.82, 2.24) is 0 Å². The molecule has 0 aliphatic rings. The second-order valence-corrected chi connectivity index (χ2v) is 4.43. The number of rotatable bonds is 7. The maximum Gasteiger partial charge on any atom is 0.270 e.